The molecule has 0 bridgehead atoms. The molecule has 0 radical (unpaired) electrons. The number of hydrogen-bond acceptors (Lipinski definition) is 3. The number of rotatable bonds is 3. The van der Waals surface area contributed by atoms with E-state index in [-0.39, 0.29) is 18.0 Å². The van der Waals surface area contributed by atoms with Gasteiger partial charge in [-0.1, -0.05) is 0 Å². The lowest BCUT2D eigenvalue weighted by atomic mass is 10.1. The van der Waals surface area contributed by atoms with Gasteiger partial charge in [-0.3, -0.25) is 9.59 Å². The van der Waals surface area contributed by atoms with E-state index in [1.807, 2.05) is 0 Å². The van der Waals surface area contributed by atoms with Crippen molar-refractivity contribution in [3.8, 4) is 0 Å². The minimum atomic E-state index is -1.41. The van der Waals surface area contributed by atoms with Crippen LogP contribution in [0.3, 0.4) is 0 Å². The largest absolute Gasteiger partial charge is 0.478 e. The summed E-state index contributed by atoms with van der Waals surface area (Å²) in [6.45, 7) is 0. The molecule has 1 aromatic carbocycles. The fraction of sp³-hybridized carbons (Fsp3) is 0.250. The first-order chi connectivity index (χ1) is 8.97. The van der Waals surface area contributed by atoms with Crippen molar-refractivity contribution in [3.05, 3.63) is 29.6 Å². The number of carbonyl (C=O) groups excluding carboxylic acids is 2. The molecule has 3 N–H and O–H groups in total. The van der Waals surface area contributed by atoms with Crippen LogP contribution in [0.2, 0.25) is 0 Å². The van der Waals surface area contributed by atoms with E-state index in [1.165, 1.54) is 6.07 Å². The molecule has 2 amide bonds. The van der Waals surface area contributed by atoms with Crippen LogP contribution in [0.4, 0.5) is 10.1 Å². The monoisotopic (exact) mass is 266 g/mol. The molecule has 1 aromatic rings. The van der Waals surface area contributed by atoms with Crippen LogP contribution in [0.1, 0.15) is 23.2 Å². The average molecular weight is 266 g/mol. The van der Waals surface area contributed by atoms with Crippen LogP contribution >= 0.6 is 0 Å². The van der Waals surface area contributed by atoms with Crippen LogP contribution in [0, 0.1) is 5.82 Å². The fourth-order valence-corrected chi connectivity index (χ4v) is 1.81. The molecule has 1 saturated heterocycles. The Bertz CT molecular complexity index is 559. The number of carbonyl (C=O) groups is 3. The quantitative estimate of drug-likeness (QED) is 0.752. The number of aromatic carboxylic acids is 1. The lowest BCUT2D eigenvalue weighted by Gasteiger charge is -2.11. The van der Waals surface area contributed by atoms with E-state index in [0.29, 0.717) is 6.42 Å². The summed E-state index contributed by atoms with van der Waals surface area (Å²) in [5.41, 5.74) is -0.349. The molecule has 1 heterocycles. The van der Waals surface area contributed by atoms with E-state index in [2.05, 4.69) is 10.6 Å². The van der Waals surface area contributed by atoms with Crippen LogP contribution in [-0.4, -0.2) is 28.9 Å². The zero-order valence-corrected chi connectivity index (χ0v) is 9.77. The van der Waals surface area contributed by atoms with Crippen molar-refractivity contribution >= 4 is 23.5 Å². The van der Waals surface area contributed by atoms with Crippen LogP contribution in [0.5, 0.6) is 0 Å². The summed E-state index contributed by atoms with van der Waals surface area (Å²) < 4.78 is 13.2. The molecule has 0 saturated carbocycles. The summed E-state index contributed by atoms with van der Waals surface area (Å²) in [4.78, 5) is 33.5. The summed E-state index contributed by atoms with van der Waals surface area (Å²) in [6, 6.07) is 2.63. The third kappa shape index (κ3) is 2.87. The van der Waals surface area contributed by atoms with Crippen molar-refractivity contribution in [2.45, 2.75) is 18.9 Å². The van der Waals surface area contributed by atoms with E-state index in [9.17, 15) is 18.8 Å². The summed E-state index contributed by atoms with van der Waals surface area (Å²) in [7, 11) is 0. The van der Waals surface area contributed by atoms with Gasteiger partial charge in [0.05, 0.1) is 5.56 Å². The molecule has 100 valence electrons. The highest BCUT2D eigenvalue weighted by molar-refractivity contribution is 5.99. The van der Waals surface area contributed by atoms with Crippen molar-refractivity contribution < 1.29 is 23.9 Å². The minimum Gasteiger partial charge on any atom is -0.478 e. The highest BCUT2D eigenvalue weighted by atomic mass is 19.1. The van der Waals surface area contributed by atoms with E-state index in [4.69, 9.17) is 5.11 Å². The molecule has 0 aliphatic carbocycles. The Kier molecular flexibility index (Phi) is 3.46. The molecule has 0 aromatic heterocycles. The zero-order valence-electron chi connectivity index (χ0n) is 9.77. The normalized spacial score (nSPS) is 17.9. The SMILES string of the molecule is O=C1CC[C@H](C(=O)Nc2ccc(F)c(C(=O)O)c2)N1. The maximum absolute atomic E-state index is 13.2. The lowest BCUT2D eigenvalue weighted by molar-refractivity contribution is -0.122. The summed E-state index contributed by atoms with van der Waals surface area (Å²) in [5.74, 6) is -2.94. The van der Waals surface area contributed by atoms with Crippen molar-refractivity contribution in [2.24, 2.45) is 0 Å². The van der Waals surface area contributed by atoms with Crippen LogP contribution < -0.4 is 10.6 Å². The molecule has 1 aliphatic heterocycles. The maximum Gasteiger partial charge on any atom is 0.338 e. The van der Waals surface area contributed by atoms with Crippen molar-refractivity contribution in [2.75, 3.05) is 5.32 Å². The number of hydrogen-bond donors (Lipinski definition) is 3. The van der Waals surface area contributed by atoms with E-state index < -0.39 is 29.3 Å². The van der Waals surface area contributed by atoms with Crippen LogP contribution in [0.15, 0.2) is 18.2 Å². The van der Waals surface area contributed by atoms with E-state index in [1.54, 1.807) is 0 Å². The Balaban J connectivity index is 2.11. The maximum atomic E-state index is 13.2. The second-order valence-electron chi connectivity index (χ2n) is 4.15. The third-order valence-corrected chi connectivity index (χ3v) is 2.78. The van der Waals surface area contributed by atoms with E-state index >= 15 is 0 Å². The molecule has 7 heteroatoms. The fourth-order valence-electron chi connectivity index (χ4n) is 1.81. The number of anilines is 1. The van der Waals surface area contributed by atoms with Gasteiger partial charge in [0.2, 0.25) is 11.8 Å². The molecule has 1 atom stereocenters. The number of nitrogens with one attached hydrogen (secondary N) is 2. The van der Waals surface area contributed by atoms with Crippen LogP contribution in [-0.2, 0) is 9.59 Å². The molecule has 1 fully saturated rings. The Hall–Kier alpha value is -2.44. The number of amides is 2. The molecular formula is C12H11FN2O4. The molecule has 0 spiro atoms. The predicted molar refractivity (Wildman–Crippen MR) is 63.2 cm³/mol. The molecule has 2 rings (SSSR count). The summed E-state index contributed by atoms with van der Waals surface area (Å²) in [6.07, 6.45) is 0.666. The van der Waals surface area contributed by atoms with Gasteiger partial charge in [0.25, 0.3) is 0 Å². The predicted octanol–water partition coefficient (Wildman–Crippen LogP) is 0.741. The first kappa shape index (κ1) is 13.0. The first-order valence-electron chi connectivity index (χ1n) is 5.60. The van der Waals surface area contributed by atoms with Crippen LogP contribution in [0.25, 0.3) is 0 Å². The molecular weight excluding hydrogens is 255 g/mol. The Morgan fingerprint density at radius 2 is 2.16 bits per heavy atom. The van der Waals surface area contributed by atoms with Gasteiger partial charge in [-0.25, -0.2) is 9.18 Å². The van der Waals surface area contributed by atoms with Crippen molar-refractivity contribution in [1.82, 2.24) is 5.32 Å². The summed E-state index contributed by atoms with van der Waals surface area (Å²) >= 11 is 0. The number of benzene rings is 1. The topological polar surface area (TPSA) is 95.5 Å². The second kappa shape index (κ2) is 5.05. The highest BCUT2D eigenvalue weighted by Crippen LogP contribution is 2.16. The standard InChI is InChI=1S/C12H11FN2O4/c13-8-2-1-6(5-7(8)12(18)19)14-11(17)9-3-4-10(16)15-9/h1-2,5,9H,3-4H2,(H,14,17)(H,15,16)(H,18,19)/t9-/m1/s1. The van der Waals surface area contributed by atoms with Gasteiger partial charge in [-0.05, 0) is 24.6 Å². The Morgan fingerprint density at radius 3 is 2.74 bits per heavy atom. The van der Waals surface area contributed by atoms with Gasteiger partial charge in [-0.2, -0.15) is 0 Å². The van der Waals surface area contributed by atoms with Crippen molar-refractivity contribution in [1.29, 1.82) is 0 Å². The lowest BCUT2D eigenvalue weighted by Crippen LogP contribution is -2.37. The summed E-state index contributed by atoms with van der Waals surface area (Å²) in [5, 5.41) is 13.7. The van der Waals surface area contributed by atoms with Gasteiger partial charge in [0.15, 0.2) is 0 Å². The first-order valence-corrected chi connectivity index (χ1v) is 5.60. The number of carboxylic acids is 1. The smallest absolute Gasteiger partial charge is 0.338 e. The molecule has 6 nitrogen and oxygen atoms in total. The second-order valence-corrected chi connectivity index (χ2v) is 4.15. The molecule has 19 heavy (non-hydrogen) atoms. The Morgan fingerprint density at radius 1 is 1.42 bits per heavy atom. The van der Waals surface area contributed by atoms with Gasteiger partial charge in [-0.15, -0.1) is 0 Å². The number of carboxylic acid groups (broad SMARTS) is 1. The van der Waals surface area contributed by atoms with Gasteiger partial charge in [0.1, 0.15) is 11.9 Å². The third-order valence-electron chi connectivity index (χ3n) is 2.78. The minimum absolute atomic E-state index is 0.171. The van der Waals surface area contributed by atoms with E-state index in [0.717, 1.165) is 12.1 Å². The Labute approximate surface area is 107 Å². The van der Waals surface area contributed by atoms with Crippen molar-refractivity contribution in [3.63, 3.8) is 0 Å². The molecule has 1 aliphatic rings. The number of halogens is 1. The average Bonchev–Trinajstić information content (AvgIpc) is 2.78. The zero-order chi connectivity index (χ0) is 14.0. The van der Waals surface area contributed by atoms with Gasteiger partial charge < -0.3 is 15.7 Å². The van der Waals surface area contributed by atoms with Gasteiger partial charge >= 0.3 is 5.97 Å². The highest BCUT2D eigenvalue weighted by Gasteiger charge is 2.27. The molecule has 0 unspecified atom stereocenters. The van der Waals surface area contributed by atoms with Gasteiger partial charge in [0, 0.05) is 12.1 Å².